The van der Waals surface area contributed by atoms with E-state index in [0.717, 1.165) is 0 Å². The van der Waals surface area contributed by atoms with Crippen LogP contribution in [0.3, 0.4) is 0 Å². The third kappa shape index (κ3) is 9.89. The number of phenolic OH excluding ortho intramolecular Hbond substituents is 1. The Hall–Kier alpha value is -2.97. The highest BCUT2D eigenvalue weighted by Gasteiger charge is 2.29. The van der Waals surface area contributed by atoms with Crippen LogP contribution in [0.25, 0.3) is 0 Å². The summed E-state index contributed by atoms with van der Waals surface area (Å²) < 4.78 is 0. The lowest BCUT2D eigenvalue weighted by Crippen LogP contribution is -2.58. The number of thiol groups is 2. The van der Waals surface area contributed by atoms with Gasteiger partial charge in [0.25, 0.3) is 0 Å². The van der Waals surface area contributed by atoms with Crippen molar-refractivity contribution >= 4 is 54.9 Å². The molecule has 14 heteroatoms. The molecule has 1 aromatic rings. The van der Waals surface area contributed by atoms with Crippen LogP contribution in [0.5, 0.6) is 5.75 Å². The van der Waals surface area contributed by atoms with Crippen LogP contribution in [-0.4, -0.2) is 80.7 Å². The topological polar surface area (TPSA) is 208 Å². The predicted octanol–water partition coefficient (Wildman–Crippen LogP) is -1.47. The van der Waals surface area contributed by atoms with Crippen LogP contribution in [0.2, 0.25) is 0 Å². The number of carbonyl (C=O) groups is 5. The second-order valence-electron chi connectivity index (χ2n) is 7.30. The molecule has 0 saturated heterocycles. The maximum atomic E-state index is 12.7. The number of nitrogens with one attached hydrogen (secondary N) is 3. The lowest BCUT2D eigenvalue weighted by atomic mass is 10.0. The van der Waals surface area contributed by atoms with Gasteiger partial charge in [-0.2, -0.15) is 25.3 Å². The van der Waals surface area contributed by atoms with Gasteiger partial charge >= 0.3 is 11.9 Å². The Bertz CT molecular complexity index is 884. The summed E-state index contributed by atoms with van der Waals surface area (Å²) in [5.41, 5.74) is 6.55. The van der Waals surface area contributed by atoms with Gasteiger partial charge < -0.3 is 37.0 Å². The Morgan fingerprint density at radius 2 is 1.32 bits per heavy atom. The van der Waals surface area contributed by atoms with E-state index in [9.17, 15) is 29.1 Å². The lowest BCUT2D eigenvalue weighted by Gasteiger charge is -2.24. The third-order valence-electron chi connectivity index (χ3n) is 4.62. The van der Waals surface area contributed by atoms with Gasteiger partial charge in [-0.25, -0.2) is 4.79 Å². The molecule has 4 atom stereocenters. The molecule has 188 valence electrons. The van der Waals surface area contributed by atoms with E-state index in [1.54, 1.807) is 12.1 Å². The minimum absolute atomic E-state index is 0.0407. The summed E-state index contributed by atoms with van der Waals surface area (Å²) in [5, 5.41) is 34.3. The molecule has 0 heterocycles. The number of benzene rings is 1. The molecule has 0 saturated carbocycles. The van der Waals surface area contributed by atoms with Gasteiger partial charge in [0.05, 0.1) is 6.04 Å². The molecule has 8 N–H and O–H groups in total. The van der Waals surface area contributed by atoms with Crippen molar-refractivity contribution in [3.63, 3.8) is 0 Å². The second-order valence-corrected chi connectivity index (χ2v) is 8.03. The van der Waals surface area contributed by atoms with Gasteiger partial charge in [0.2, 0.25) is 17.7 Å². The molecule has 1 aromatic carbocycles. The zero-order valence-electron chi connectivity index (χ0n) is 18.0. The fourth-order valence-corrected chi connectivity index (χ4v) is 3.22. The molecule has 0 radical (unpaired) electrons. The Balaban J connectivity index is 2.86. The molecule has 34 heavy (non-hydrogen) atoms. The molecule has 0 unspecified atom stereocenters. The van der Waals surface area contributed by atoms with E-state index in [4.69, 9.17) is 15.9 Å². The monoisotopic (exact) mass is 516 g/mol. The molecule has 0 aliphatic carbocycles. The van der Waals surface area contributed by atoms with Crippen molar-refractivity contribution in [2.75, 3.05) is 11.5 Å². The van der Waals surface area contributed by atoms with E-state index in [-0.39, 0.29) is 30.1 Å². The summed E-state index contributed by atoms with van der Waals surface area (Å²) in [6, 6.07) is 1.03. The van der Waals surface area contributed by atoms with Crippen molar-refractivity contribution < 1.29 is 39.3 Å². The molecular weight excluding hydrogens is 488 g/mol. The number of rotatable bonds is 14. The Morgan fingerprint density at radius 1 is 0.824 bits per heavy atom. The number of nitrogens with two attached hydrogens (primary N) is 1. The summed E-state index contributed by atoms with van der Waals surface area (Å²) in [6.45, 7) is 0. The zero-order chi connectivity index (χ0) is 25.8. The molecule has 3 amide bonds. The minimum atomic E-state index is -1.33. The second kappa shape index (κ2) is 14.3. The quantitative estimate of drug-likeness (QED) is 0.132. The van der Waals surface area contributed by atoms with Crippen LogP contribution >= 0.6 is 25.3 Å². The number of aromatic hydroxyl groups is 1. The molecule has 0 aromatic heterocycles. The summed E-state index contributed by atoms with van der Waals surface area (Å²) >= 11 is 7.83. The lowest BCUT2D eigenvalue weighted by molar-refractivity contribution is -0.141. The highest BCUT2D eigenvalue weighted by Crippen LogP contribution is 2.11. The SMILES string of the molecule is N[C@@H](Cc1ccc(O)cc1)C(=O)N[C@@H](CCC(=O)O)C(=O)N[C@@H](CS)C(=O)N[C@@H](CS)C(=O)O. The minimum Gasteiger partial charge on any atom is -0.508 e. The Kier molecular flexibility index (Phi) is 12.2. The van der Waals surface area contributed by atoms with Crippen molar-refractivity contribution in [1.82, 2.24) is 16.0 Å². The zero-order valence-corrected chi connectivity index (χ0v) is 19.8. The highest BCUT2D eigenvalue weighted by molar-refractivity contribution is 7.80. The number of phenols is 1. The average molecular weight is 517 g/mol. The first kappa shape index (κ1) is 29.1. The molecule has 0 aliphatic heterocycles. The molecule has 0 fully saturated rings. The fourth-order valence-electron chi connectivity index (χ4n) is 2.72. The number of aliphatic carboxylic acids is 2. The molecule has 0 bridgehead atoms. The predicted molar refractivity (Wildman–Crippen MR) is 128 cm³/mol. The van der Waals surface area contributed by atoms with E-state index >= 15 is 0 Å². The van der Waals surface area contributed by atoms with Crippen LogP contribution in [0.15, 0.2) is 24.3 Å². The van der Waals surface area contributed by atoms with Gasteiger partial charge in [-0.15, -0.1) is 0 Å². The van der Waals surface area contributed by atoms with Crippen LogP contribution in [0, 0.1) is 0 Å². The van der Waals surface area contributed by atoms with Crippen LogP contribution < -0.4 is 21.7 Å². The smallest absolute Gasteiger partial charge is 0.327 e. The molecular formula is C20H28N4O8S2. The largest absolute Gasteiger partial charge is 0.508 e. The fraction of sp³-hybridized carbons (Fsp3) is 0.450. The number of amides is 3. The van der Waals surface area contributed by atoms with Crippen molar-refractivity contribution in [2.24, 2.45) is 5.73 Å². The summed E-state index contributed by atoms with van der Waals surface area (Å²) in [4.78, 5) is 59.7. The van der Waals surface area contributed by atoms with Gasteiger partial charge in [-0.05, 0) is 30.5 Å². The van der Waals surface area contributed by atoms with Crippen molar-refractivity contribution in [1.29, 1.82) is 0 Å². The summed E-state index contributed by atoms with van der Waals surface area (Å²) in [5.74, 6) is -5.30. The average Bonchev–Trinajstić information content (AvgIpc) is 2.78. The molecule has 0 aliphatic rings. The van der Waals surface area contributed by atoms with Gasteiger partial charge in [0, 0.05) is 17.9 Å². The van der Waals surface area contributed by atoms with Gasteiger partial charge in [0.15, 0.2) is 0 Å². The normalized spacial score (nSPS) is 14.2. The number of carbonyl (C=O) groups excluding carboxylic acids is 3. The van der Waals surface area contributed by atoms with Crippen LogP contribution in [0.4, 0.5) is 0 Å². The highest BCUT2D eigenvalue weighted by atomic mass is 32.1. The van der Waals surface area contributed by atoms with Crippen LogP contribution in [0.1, 0.15) is 18.4 Å². The van der Waals surface area contributed by atoms with Gasteiger partial charge in [-0.1, -0.05) is 12.1 Å². The Labute approximate surface area is 206 Å². The third-order valence-corrected chi connectivity index (χ3v) is 5.35. The van der Waals surface area contributed by atoms with Crippen molar-refractivity contribution in [2.45, 2.75) is 43.4 Å². The van der Waals surface area contributed by atoms with Gasteiger partial charge in [-0.3, -0.25) is 19.2 Å². The Morgan fingerprint density at radius 3 is 1.82 bits per heavy atom. The maximum Gasteiger partial charge on any atom is 0.327 e. The number of carboxylic acid groups (broad SMARTS) is 2. The van der Waals surface area contributed by atoms with E-state index in [1.165, 1.54) is 12.1 Å². The van der Waals surface area contributed by atoms with Gasteiger partial charge in [0.1, 0.15) is 23.9 Å². The van der Waals surface area contributed by atoms with E-state index < -0.39 is 60.2 Å². The molecule has 12 nitrogen and oxygen atoms in total. The molecule has 1 rings (SSSR count). The number of hydrogen-bond donors (Lipinski definition) is 9. The first-order chi connectivity index (χ1) is 16.0. The summed E-state index contributed by atoms with van der Waals surface area (Å²) in [7, 11) is 0. The summed E-state index contributed by atoms with van der Waals surface area (Å²) in [6.07, 6.45) is -0.653. The first-order valence-corrected chi connectivity index (χ1v) is 11.4. The van der Waals surface area contributed by atoms with Crippen LogP contribution in [-0.2, 0) is 30.4 Å². The van der Waals surface area contributed by atoms with Crippen molar-refractivity contribution in [3.8, 4) is 5.75 Å². The molecule has 0 spiro atoms. The number of hydrogen-bond acceptors (Lipinski definition) is 9. The first-order valence-electron chi connectivity index (χ1n) is 10.1. The van der Waals surface area contributed by atoms with E-state index in [0.29, 0.717) is 5.56 Å². The number of carboxylic acids is 2. The standard InChI is InChI=1S/C20H28N4O8S2/c21-12(7-10-1-3-11(25)4-2-10)17(28)22-13(5-6-16(26)27)18(29)23-14(8-33)19(30)24-15(9-34)20(31)32/h1-4,12-15,25,33-34H,5-9,21H2,(H,22,28)(H,23,29)(H,24,30)(H,26,27)(H,31,32)/t12-,13-,14-,15-/m0/s1. The van der Waals surface area contributed by atoms with E-state index in [1.807, 2.05) is 0 Å². The van der Waals surface area contributed by atoms with E-state index in [2.05, 4.69) is 41.2 Å². The maximum absolute atomic E-state index is 12.7. The van der Waals surface area contributed by atoms with Crippen molar-refractivity contribution in [3.05, 3.63) is 29.8 Å².